The fourth-order valence-electron chi connectivity index (χ4n) is 2.39. The zero-order valence-electron chi connectivity index (χ0n) is 8.50. The van der Waals surface area contributed by atoms with Crippen LogP contribution in [0.2, 0.25) is 0 Å². The molecular weight excluding hydrogens is 277 g/mol. The van der Waals surface area contributed by atoms with Crippen LogP contribution in [0.1, 0.15) is 5.56 Å². The van der Waals surface area contributed by atoms with Crippen molar-refractivity contribution in [2.75, 3.05) is 19.8 Å². The van der Waals surface area contributed by atoms with Gasteiger partial charge in [-0.3, -0.25) is 0 Å². The maximum Gasteiger partial charge on any atom is 0.128 e. The first-order valence-corrected chi connectivity index (χ1v) is 5.94. The summed E-state index contributed by atoms with van der Waals surface area (Å²) in [5.41, 5.74) is 3.02. The van der Waals surface area contributed by atoms with E-state index in [1.165, 1.54) is 6.07 Å². The van der Waals surface area contributed by atoms with E-state index in [0.717, 1.165) is 4.47 Å². The lowest BCUT2D eigenvalue weighted by Gasteiger charge is -2.26. The SMILES string of the molecule is Fc1ccc(Br)cc1[C@@]12COC[C@@H]1CON2. The maximum atomic E-state index is 13.9. The lowest BCUT2D eigenvalue weighted by molar-refractivity contribution is 0.0242. The van der Waals surface area contributed by atoms with E-state index in [1.54, 1.807) is 12.1 Å². The average Bonchev–Trinajstić information content (AvgIpc) is 2.80. The summed E-state index contributed by atoms with van der Waals surface area (Å²) in [6.07, 6.45) is 0. The van der Waals surface area contributed by atoms with Gasteiger partial charge in [-0.25, -0.2) is 4.39 Å². The summed E-state index contributed by atoms with van der Waals surface area (Å²) in [7, 11) is 0. The van der Waals surface area contributed by atoms with Gasteiger partial charge in [0.05, 0.1) is 19.8 Å². The van der Waals surface area contributed by atoms with Crippen LogP contribution in [0.3, 0.4) is 0 Å². The summed E-state index contributed by atoms with van der Waals surface area (Å²) in [6.45, 7) is 1.62. The van der Waals surface area contributed by atoms with Gasteiger partial charge < -0.3 is 9.57 Å². The molecule has 2 fully saturated rings. The molecule has 3 nitrogen and oxygen atoms in total. The third-order valence-electron chi connectivity index (χ3n) is 3.29. The summed E-state index contributed by atoms with van der Waals surface area (Å²) in [5, 5.41) is 0. The molecule has 1 aromatic carbocycles. The van der Waals surface area contributed by atoms with E-state index in [1.807, 2.05) is 0 Å². The molecule has 0 radical (unpaired) electrons. The number of fused-ring (bicyclic) bond motifs is 1. The van der Waals surface area contributed by atoms with Gasteiger partial charge in [-0.1, -0.05) is 15.9 Å². The predicted octanol–water partition coefficient (Wildman–Crippen LogP) is 1.96. The van der Waals surface area contributed by atoms with Crippen molar-refractivity contribution in [1.29, 1.82) is 0 Å². The van der Waals surface area contributed by atoms with Crippen molar-refractivity contribution in [3.05, 3.63) is 34.1 Å². The minimum Gasteiger partial charge on any atom is -0.379 e. The lowest BCUT2D eigenvalue weighted by Crippen LogP contribution is -2.42. The van der Waals surface area contributed by atoms with E-state index < -0.39 is 5.54 Å². The van der Waals surface area contributed by atoms with Crippen LogP contribution in [0.25, 0.3) is 0 Å². The Balaban J connectivity index is 2.11. The smallest absolute Gasteiger partial charge is 0.128 e. The Labute approximate surface area is 101 Å². The Morgan fingerprint density at radius 3 is 3.19 bits per heavy atom. The zero-order chi connectivity index (χ0) is 11.2. The summed E-state index contributed by atoms with van der Waals surface area (Å²) in [4.78, 5) is 5.25. The van der Waals surface area contributed by atoms with Crippen molar-refractivity contribution in [1.82, 2.24) is 5.48 Å². The Bertz CT molecular complexity index is 416. The minimum absolute atomic E-state index is 0.177. The Morgan fingerprint density at radius 2 is 2.31 bits per heavy atom. The molecule has 0 aliphatic carbocycles. The molecule has 86 valence electrons. The third kappa shape index (κ3) is 1.43. The maximum absolute atomic E-state index is 13.9. The van der Waals surface area contributed by atoms with Gasteiger partial charge in [0.15, 0.2) is 0 Å². The molecule has 2 aliphatic heterocycles. The van der Waals surface area contributed by atoms with E-state index in [4.69, 9.17) is 9.57 Å². The minimum atomic E-state index is -0.520. The quantitative estimate of drug-likeness (QED) is 0.857. The molecule has 16 heavy (non-hydrogen) atoms. The van der Waals surface area contributed by atoms with Gasteiger partial charge in [-0.15, -0.1) is 0 Å². The van der Waals surface area contributed by atoms with Gasteiger partial charge in [0.25, 0.3) is 0 Å². The van der Waals surface area contributed by atoms with E-state index in [9.17, 15) is 4.39 Å². The second-order valence-electron chi connectivity index (χ2n) is 4.22. The molecule has 2 heterocycles. The molecule has 0 unspecified atom stereocenters. The van der Waals surface area contributed by atoms with Gasteiger partial charge in [0, 0.05) is 16.0 Å². The second-order valence-corrected chi connectivity index (χ2v) is 5.14. The standard InChI is InChI=1S/C11H11BrFNO2/c12-8-1-2-10(13)9(3-8)11-6-15-4-7(11)5-16-14-11/h1-3,7,14H,4-6H2/t7-,11-/m1/s1. The van der Waals surface area contributed by atoms with Gasteiger partial charge >= 0.3 is 0 Å². The molecule has 2 aliphatic rings. The van der Waals surface area contributed by atoms with Crippen molar-refractivity contribution in [3.63, 3.8) is 0 Å². The van der Waals surface area contributed by atoms with E-state index in [0.29, 0.717) is 25.4 Å². The summed E-state index contributed by atoms with van der Waals surface area (Å²) >= 11 is 3.36. The summed E-state index contributed by atoms with van der Waals surface area (Å²) in [5.74, 6) is -0.0481. The number of nitrogens with one attached hydrogen (secondary N) is 1. The third-order valence-corrected chi connectivity index (χ3v) is 3.79. The number of hydrogen-bond acceptors (Lipinski definition) is 3. The number of hydrogen-bond donors (Lipinski definition) is 1. The van der Waals surface area contributed by atoms with Crippen LogP contribution in [0.4, 0.5) is 4.39 Å². The van der Waals surface area contributed by atoms with Gasteiger partial charge in [-0.2, -0.15) is 5.48 Å². The van der Waals surface area contributed by atoms with E-state index >= 15 is 0 Å². The molecule has 0 spiro atoms. The lowest BCUT2D eigenvalue weighted by atomic mass is 9.82. The fraction of sp³-hybridized carbons (Fsp3) is 0.455. The summed E-state index contributed by atoms with van der Waals surface area (Å²) < 4.78 is 20.2. The highest BCUT2D eigenvalue weighted by molar-refractivity contribution is 9.10. The van der Waals surface area contributed by atoms with Gasteiger partial charge in [0.2, 0.25) is 0 Å². The Kier molecular flexibility index (Phi) is 2.51. The molecule has 0 amide bonds. The topological polar surface area (TPSA) is 30.5 Å². The highest BCUT2D eigenvalue weighted by Gasteiger charge is 2.51. The fourth-order valence-corrected chi connectivity index (χ4v) is 2.75. The van der Waals surface area contributed by atoms with Gasteiger partial charge in [0.1, 0.15) is 11.4 Å². The van der Waals surface area contributed by atoms with Crippen LogP contribution >= 0.6 is 15.9 Å². The van der Waals surface area contributed by atoms with Crippen molar-refractivity contribution in [2.24, 2.45) is 5.92 Å². The normalized spacial score (nSPS) is 33.0. The van der Waals surface area contributed by atoms with Crippen molar-refractivity contribution >= 4 is 15.9 Å². The molecule has 2 saturated heterocycles. The average molecular weight is 288 g/mol. The van der Waals surface area contributed by atoms with Crippen LogP contribution in [0.15, 0.2) is 22.7 Å². The molecule has 2 atom stereocenters. The number of ether oxygens (including phenoxy) is 1. The number of rotatable bonds is 1. The van der Waals surface area contributed by atoms with E-state index in [-0.39, 0.29) is 11.7 Å². The largest absolute Gasteiger partial charge is 0.379 e. The zero-order valence-corrected chi connectivity index (χ0v) is 10.1. The highest BCUT2D eigenvalue weighted by Crippen LogP contribution is 2.41. The molecular formula is C11H11BrFNO2. The highest BCUT2D eigenvalue weighted by atomic mass is 79.9. The molecule has 0 saturated carbocycles. The van der Waals surface area contributed by atoms with Gasteiger partial charge in [-0.05, 0) is 18.2 Å². The first kappa shape index (κ1) is 10.7. The Hall–Kier alpha value is -0.490. The van der Waals surface area contributed by atoms with Crippen molar-refractivity contribution in [2.45, 2.75) is 5.54 Å². The number of benzene rings is 1. The van der Waals surface area contributed by atoms with Crippen LogP contribution in [-0.4, -0.2) is 19.8 Å². The molecule has 0 bridgehead atoms. The van der Waals surface area contributed by atoms with Crippen molar-refractivity contribution in [3.8, 4) is 0 Å². The molecule has 0 aromatic heterocycles. The predicted molar refractivity (Wildman–Crippen MR) is 59.2 cm³/mol. The Morgan fingerprint density at radius 1 is 1.44 bits per heavy atom. The van der Waals surface area contributed by atoms with Crippen LogP contribution in [-0.2, 0) is 15.1 Å². The first-order valence-electron chi connectivity index (χ1n) is 5.14. The van der Waals surface area contributed by atoms with Crippen molar-refractivity contribution < 1.29 is 14.0 Å². The van der Waals surface area contributed by atoms with Crippen LogP contribution < -0.4 is 5.48 Å². The first-order chi connectivity index (χ1) is 7.72. The number of hydroxylamine groups is 1. The molecule has 3 rings (SSSR count). The number of halogens is 2. The molecule has 5 heteroatoms. The van der Waals surface area contributed by atoms with Crippen LogP contribution in [0, 0.1) is 11.7 Å². The monoisotopic (exact) mass is 287 g/mol. The molecule has 1 N–H and O–H groups in total. The summed E-state index contributed by atoms with van der Waals surface area (Å²) in [6, 6.07) is 4.94. The van der Waals surface area contributed by atoms with E-state index in [2.05, 4.69) is 21.4 Å². The van der Waals surface area contributed by atoms with Crippen LogP contribution in [0.5, 0.6) is 0 Å². The molecule has 1 aromatic rings. The second kappa shape index (κ2) is 3.77.